The molecular formula is C12H14ClFO2S. The van der Waals surface area contributed by atoms with Gasteiger partial charge >= 0.3 is 5.97 Å². The maximum Gasteiger partial charge on any atom is 0.319 e. The Morgan fingerprint density at radius 1 is 1.59 bits per heavy atom. The Hall–Kier alpha value is -0.740. The predicted octanol–water partition coefficient (Wildman–Crippen LogP) is 3.83. The molecule has 5 heteroatoms. The van der Waals surface area contributed by atoms with E-state index in [9.17, 15) is 9.18 Å². The maximum atomic E-state index is 13.2. The number of carbonyl (C=O) groups excluding carboxylic acids is 1. The van der Waals surface area contributed by atoms with E-state index in [1.165, 1.54) is 17.8 Å². The van der Waals surface area contributed by atoms with Crippen molar-refractivity contribution in [3.63, 3.8) is 0 Å². The van der Waals surface area contributed by atoms with Crippen molar-refractivity contribution in [2.75, 3.05) is 6.61 Å². The Labute approximate surface area is 109 Å². The highest BCUT2D eigenvalue weighted by molar-refractivity contribution is 8.00. The maximum absolute atomic E-state index is 13.2. The van der Waals surface area contributed by atoms with Gasteiger partial charge in [-0.25, -0.2) is 4.39 Å². The van der Waals surface area contributed by atoms with E-state index in [1.54, 1.807) is 26.8 Å². The van der Waals surface area contributed by atoms with Crippen molar-refractivity contribution in [3.05, 3.63) is 28.5 Å². The van der Waals surface area contributed by atoms with Crippen LogP contribution in [0.15, 0.2) is 17.0 Å². The summed E-state index contributed by atoms with van der Waals surface area (Å²) in [4.78, 5) is 12.1. The average Bonchev–Trinajstić information content (AvgIpc) is 2.26. The van der Waals surface area contributed by atoms with Gasteiger partial charge in [0.05, 0.1) is 11.6 Å². The number of ether oxygens (including phenoxy) is 1. The molecule has 0 heterocycles. The third kappa shape index (κ3) is 3.89. The minimum atomic E-state index is -0.364. The van der Waals surface area contributed by atoms with Crippen LogP contribution in [0.3, 0.4) is 0 Å². The molecule has 0 saturated heterocycles. The largest absolute Gasteiger partial charge is 0.465 e. The quantitative estimate of drug-likeness (QED) is 0.617. The Bertz CT molecular complexity index is 423. The molecule has 0 fully saturated rings. The highest BCUT2D eigenvalue weighted by atomic mass is 35.5. The van der Waals surface area contributed by atoms with Crippen LogP contribution >= 0.6 is 23.4 Å². The zero-order chi connectivity index (χ0) is 13.0. The molecule has 0 aliphatic carbocycles. The lowest BCUT2D eigenvalue weighted by molar-refractivity contribution is -0.142. The van der Waals surface area contributed by atoms with Crippen LogP contribution in [0.2, 0.25) is 5.02 Å². The normalized spacial score (nSPS) is 12.3. The number of hydrogen-bond acceptors (Lipinski definition) is 3. The van der Waals surface area contributed by atoms with Gasteiger partial charge in [0.2, 0.25) is 0 Å². The van der Waals surface area contributed by atoms with Gasteiger partial charge in [0.25, 0.3) is 0 Å². The summed E-state index contributed by atoms with van der Waals surface area (Å²) in [5.41, 5.74) is 0.507. The molecule has 0 radical (unpaired) electrons. The Balaban J connectivity index is 2.81. The number of rotatable bonds is 4. The number of benzene rings is 1. The molecule has 1 aromatic rings. The van der Waals surface area contributed by atoms with E-state index < -0.39 is 0 Å². The van der Waals surface area contributed by atoms with Crippen molar-refractivity contribution in [1.82, 2.24) is 0 Å². The summed E-state index contributed by atoms with van der Waals surface area (Å²) < 4.78 is 18.1. The molecule has 0 aliphatic heterocycles. The third-order valence-corrected chi connectivity index (χ3v) is 3.70. The van der Waals surface area contributed by atoms with Gasteiger partial charge in [-0.05, 0) is 38.5 Å². The first kappa shape index (κ1) is 14.3. The van der Waals surface area contributed by atoms with Gasteiger partial charge in [-0.15, -0.1) is 11.8 Å². The highest BCUT2D eigenvalue weighted by Crippen LogP contribution is 2.32. The van der Waals surface area contributed by atoms with Crippen LogP contribution < -0.4 is 0 Å². The molecule has 0 bridgehead atoms. The molecule has 17 heavy (non-hydrogen) atoms. The van der Waals surface area contributed by atoms with Crippen LogP contribution in [0.4, 0.5) is 4.39 Å². The van der Waals surface area contributed by atoms with E-state index in [4.69, 9.17) is 16.3 Å². The SMILES string of the molecule is CCOC(=O)C(C)Sc1cc(C)c(F)cc1Cl. The third-order valence-electron chi connectivity index (χ3n) is 2.14. The second-order valence-corrected chi connectivity index (χ2v) is 5.33. The van der Waals surface area contributed by atoms with Crippen LogP contribution in [0, 0.1) is 12.7 Å². The van der Waals surface area contributed by atoms with E-state index in [1.807, 2.05) is 0 Å². The summed E-state index contributed by atoms with van der Waals surface area (Å²) in [5.74, 6) is -0.640. The van der Waals surface area contributed by atoms with E-state index in [0.717, 1.165) is 0 Å². The molecular weight excluding hydrogens is 263 g/mol. The summed E-state index contributed by atoms with van der Waals surface area (Å²) in [7, 11) is 0. The van der Waals surface area contributed by atoms with E-state index in [0.29, 0.717) is 22.1 Å². The molecule has 0 spiro atoms. The van der Waals surface area contributed by atoms with Gasteiger partial charge in [-0.1, -0.05) is 11.6 Å². The van der Waals surface area contributed by atoms with Crippen molar-refractivity contribution >= 4 is 29.3 Å². The number of halogens is 2. The summed E-state index contributed by atoms with van der Waals surface area (Å²) in [5, 5.41) is -0.0495. The average molecular weight is 277 g/mol. The molecule has 0 amide bonds. The monoisotopic (exact) mass is 276 g/mol. The highest BCUT2D eigenvalue weighted by Gasteiger charge is 2.17. The lowest BCUT2D eigenvalue weighted by Gasteiger charge is -2.12. The van der Waals surface area contributed by atoms with Gasteiger partial charge < -0.3 is 4.74 Å². The second-order valence-electron chi connectivity index (χ2n) is 3.54. The zero-order valence-corrected chi connectivity index (χ0v) is 11.5. The van der Waals surface area contributed by atoms with Crippen LogP contribution in [0.25, 0.3) is 0 Å². The first-order valence-electron chi connectivity index (χ1n) is 5.24. The van der Waals surface area contributed by atoms with Gasteiger partial charge in [-0.2, -0.15) is 0 Å². The van der Waals surface area contributed by atoms with Crippen molar-refractivity contribution < 1.29 is 13.9 Å². The van der Waals surface area contributed by atoms with Crippen molar-refractivity contribution in [1.29, 1.82) is 0 Å². The molecule has 94 valence electrons. The number of thioether (sulfide) groups is 1. The van der Waals surface area contributed by atoms with Gasteiger partial charge in [-0.3, -0.25) is 4.79 Å². The summed E-state index contributed by atoms with van der Waals surface area (Å²) >= 11 is 7.18. The van der Waals surface area contributed by atoms with Gasteiger partial charge in [0, 0.05) is 4.90 Å². The Morgan fingerprint density at radius 3 is 2.82 bits per heavy atom. The lowest BCUT2D eigenvalue weighted by Crippen LogP contribution is -2.16. The van der Waals surface area contributed by atoms with Crippen molar-refractivity contribution in [2.24, 2.45) is 0 Å². The van der Waals surface area contributed by atoms with E-state index in [2.05, 4.69) is 0 Å². The molecule has 1 rings (SSSR count). The molecule has 0 aliphatic rings. The minimum absolute atomic E-state index is 0.296. The predicted molar refractivity (Wildman–Crippen MR) is 68.1 cm³/mol. The lowest BCUT2D eigenvalue weighted by atomic mass is 10.2. The molecule has 1 unspecified atom stereocenters. The molecule has 1 atom stereocenters. The molecule has 0 aromatic heterocycles. The number of esters is 1. The number of hydrogen-bond donors (Lipinski definition) is 0. The fourth-order valence-corrected chi connectivity index (χ4v) is 2.46. The minimum Gasteiger partial charge on any atom is -0.465 e. The van der Waals surface area contributed by atoms with Crippen LogP contribution in [-0.2, 0) is 9.53 Å². The summed E-state index contributed by atoms with van der Waals surface area (Å²) in [6, 6.07) is 2.90. The zero-order valence-electron chi connectivity index (χ0n) is 9.92. The van der Waals surface area contributed by atoms with E-state index >= 15 is 0 Å². The molecule has 1 aromatic carbocycles. The van der Waals surface area contributed by atoms with Gasteiger partial charge in [0.1, 0.15) is 11.1 Å². The van der Waals surface area contributed by atoms with E-state index in [-0.39, 0.29) is 17.0 Å². The van der Waals surface area contributed by atoms with Crippen LogP contribution in [-0.4, -0.2) is 17.8 Å². The van der Waals surface area contributed by atoms with Crippen LogP contribution in [0.1, 0.15) is 19.4 Å². The smallest absolute Gasteiger partial charge is 0.319 e. The number of aryl methyl sites for hydroxylation is 1. The first-order valence-corrected chi connectivity index (χ1v) is 6.50. The summed E-state index contributed by atoms with van der Waals surface area (Å²) in [6.45, 7) is 5.49. The topological polar surface area (TPSA) is 26.3 Å². The molecule has 0 N–H and O–H groups in total. The molecule has 2 nitrogen and oxygen atoms in total. The Kier molecular flexibility index (Phi) is 5.28. The molecule has 0 saturated carbocycles. The standard InChI is InChI=1S/C12H14ClFO2S/c1-4-16-12(15)8(3)17-11-5-7(2)10(14)6-9(11)13/h5-6,8H,4H2,1-3H3. The number of carbonyl (C=O) groups is 1. The van der Waals surface area contributed by atoms with Gasteiger partial charge in [0.15, 0.2) is 0 Å². The second kappa shape index (κ2) is 6.26. The van der Waals surface area contributed by atoms with Crippen LogP contribution in [0.5, 0.6) is 0 Å². The summed E-state index contributed by atoms with van der Waals surface area (Å²) in [6.07, 6.45) is 0. The Morgan fingerprint density at radius 2 is 2.24 bits per heavy atom. The van der Waals surface area contributed by atoms with Crippen molar-refractivity contribution in [3.8, 4) is 0 Å². The first-order chi connectivity index (χ1) is 7.95. The van der Waals surface area contributed by atoms with Crippen molar-refractivity contribution in [2.45, 2.75) is 30.9 Å². The fraction of sp³-hybridized carbons (Fsp3) is 0.417. The fourth-order valence-electron chi connectivity index (χ4n) is 1.22.